The van der Waals surface area contributed by atoms with E-state index in [1.54, 1.807) is 21.0 Å². The molecule has 0 aromatic carbocycles. The third-order valence-electron chi connectivity index (χ3n) is 1.60. The summed E-state index contributed by atoms with van der Waals surface area (Å²) in [5, 5.41) is 1.23. The van der Waals surface area contributed by atoms with Crippen LogP contribution in [0.4, 0.5) is 0 Å². The SMILES string of the molecule is IC1=C(I)[Se]C(=C2SC3=C(SCS3)S2)[Se]1. The van der Waals surface area contributed by atoms with Crippen LogP contribution in [0.15, 0.2) is 21.0 Å². The van der Waals surface area contributed by atoms with Crippen molar-refractivity contribution in [3.63, 3.8) is 0 Å². The van der Waals surface area contributed by atoms with Gasteiger partial charge in [-0.25, -0.2) is 0 Å². The predicted octanol–water partition coefficient (Wildman–Crippen LogP) is 4.58. The van der Waals surface area contributed by atoms with Crippen LogP contribution in [-0.4, -0.2) is 35.0 Å². The maximum atomic E-state index is 2.53. The Morgan fingerprint density at radius 2 is 1.40 bits per heavy atom. The first-order valence-electron chi connectivity index (χ1n) is 3.75. The van der Waals surface area contributed by atoms with Crippen molar-refractivity contribution in [2.45, 2.75) is 0 Å². The van der Waals surface area contributed by atoms with E-state index in [4.69, 9.17) is 0 Å². The summed E-state index contributed by atoms with van der Waals surface area (Å²) in [5.41, 5.74) is 0. The van der Waals surface area contributed by atoms with Crippen LogP contribution in [0.3, 0.4) is 0 Å². The third kappa shape index (κ3) is 2.84. The fourth-order valence-electron chi connectivity index (χ4n) is 1.02. The van der Waals surface area contributed by atoms with E-state index in [1.807, 2.05) is 47.0 Å². The molecule has 3 aliphatic rings. The van der Waals surface area contributed by atoms with Gasteiger partial charge in [-0.15, -0.1) is 0 Å². The van der Waals surface area contributed by atoms with Crippen molar-refractivity contribution in [2.24, 2.45) is 0 Å². The molecule has 0 saturated heterocycles. The van der Waals surface area contributed by atoms with Crippen molar-refractivity contribution in [2.75, 3.05) is 5.08 Å². The average Bonchev–Trinajstić information content (AvgIpc) is 2.80. The second-order valence-corrected chi connectivity index (χ2v) is 18.7. The zero-order valence-corrected chi connectivity index (χ0v) is 17.9. The van der Waals surface area contributed by atoms with E-state index in [0.29, 0.717) is 29.9 Å². The zero-order valence-electron chi connectivity index (χ0n) is 6.91. The Morgan fingerprint density at radius 1 is 0.867 bits per heavy atom. The van der Waals surface area contributed by atoms with E-state index in [2.05, 4.69) is 45.2 Å². The monoisotopic (exact) mass is 628 g/mol. The second kappa shape index (κ2) is 5.63. The summed E-state index contributed by atoms with van der Waals surface area (Å²) in [7, 11) is 0. The molecule has 0 N–H and O–H groups in total. The van der Waals surface area contributed by atoms with Crippen LogP contribution in [0.2, 0.25) is 0 Å². The van der Waals surface area contributed by atoms with E-state index in [0.717, 1.165) is 0 Å². The molecule has 0 aliphatic carbocycles. The van der Waals surface area contributed by atoms with Crippen LogP contribution in [0.25, 0.3) is 0 Å². The molecule has 0 amide bonds. The van der Waals surface area contributed by atoms with E-state index >= 15 is 0 Å². The minimum absolute atomic E-state index is 0.654. The number of thioether (sulfide) groups is 4. The number of halogens is 2. The summed E-state index contributed by atoms with van der Waals surface area (Å²) in [6.45, 7) is 0. The molecule has 0 aromatic rings. The number of hydrogen-bond donors (Lipinski definition) is 0. The van der Waals surface area contributed by atoms with Gasteiger partial charge in [0.05, 0.1) is 0 Å². The van der Waals surface area contributed by atoms with Gasteiger partial charge in [0.2, 0.25) is 0 Å². The van der Waals surface area contributed by atoms with E-state index in [-0.39, 0.29) is 0 Å². The summed E-state index contributed by atoms with van der Waals surface area (Å²) >= 11 is 14.5. The van der Waals surface area contributed by atoms with Crippen molar-refractivity contribution in [3.05, 3.63) is 21.0 Å². The predicted molar refractivity (Wildman–Crippen MR) is 95.9 cm³/mol. The number of hydrogen-bond acceptors (Lipinski definition) is 4. The Hall–Kier alpha value is 3.12. The number of rotatable bonds is 0. The quantitative estimate of drug-likeness (QED) is 0.286. The maximum absolute atomic E-state index is 2.53. The molecule has 0 radical (unpaired) electrons. The Morgan fingerprint density at radius 3 is 1.93 bits per heavy atom. The van der Waals surface area contributed by atoms with Crippen LogP contribution >= 0.6 is 92.2 Å². The first-order valence-corrected chi connectivity index (χ1v) is 12.9. The summed E-state index contributed by atoms with van der Waals surface area (Å²) < 4.78 is 9.83. The van der Waals surface area contributed by atoms with Gasteiger partial charge in [0.25, 0.3) is 0 Å². The average molecular weight is 626 g/mol. The van der Waals surface area contributed by atoms with Gasteiger partial charge in [-0.05, 0) is 0 Å². The second-order valence-electron chi connectivity index (χ2n) is 2.51. The Kier molecular flexibility index (Phi) is 4.92. The molecule has 8 heteroatoms. The van der Waals surface area contributed by atoms with Gasteiger partial charge in [0.15, 0.2) is 0 Å². The molecule has 0 atom stereocenters. The molecule has 3 heterocycles. The van der Waals surface area contributed by atoms with Gasteiger partial charge < -0.3 is 0 Å². The summed E-state index contributed by atoms with van der Waals surface area (Å²) in [6, 6.07) is 0. The van der Waals surface area contributed by atoms with Crippen LogP contribution in [0.5, 0.6) is 0 Å². The fourth-order valence-corrected chi connectivity index (χ4v) is 20.5. The van der Waals surface area contributed by atoms with Gasteiger partial charge >= 0.3 is 148 Å². The normalized spacial score (nSPS) is 26.0. The fraction of sp³-hybridized carbons (Fsp3) is 0.143. The molecule has 0 bridgehead atoms. The van der Waals surface area contributed by atoms with Crippen LogP contribution < -0.4 is 0 Å². The molecule has 0 unspecified atom stereocenters. The van der Waals surface area contributed by atoms with Crippen molar-refractivity contribution in [3.8, 4) is 0 Å². The van der Waals surface area contributed by atoms with Crippen LogP contribution in [0.1, 0.15) is 0 Å². The standard InChI is InChI=1S/C7H2I2S4Se2/c8-2-3(9)15-7(14-2)6-12-4-5(13-6)11-1-10-4/h1H2. The molecule has 0 saturated carbocycles. The first-order chi connectivity index (χ1) is 7.24. The topological polar surface area (TPSA) is 0 Å². The van der Waals surface area contributed by atoms with Crippen molar-refractivity contribution < 1.29 is 0 Å². The Bertz CT molecular complexity index is 395. The van der Waals surface area contributed by atoms with Crippen molar-refractivity contribution in [1.29, 1.82) is 0 Å². The molecule has 0 spiro atoms. The molecule has 0 fully saturated rings. The summed E-state index contributed by atoms with van der Waals surface area (Å²) in [4.78, 5) is 0. The van der Waals surface area contributed by atoms with E-state index in [1.165, 1.54) is 5.08 Å². The van der Waals surface area contributed by atoms with Gasteiger partial charge in [0.1, 0.15) is 0 Å². The minimum atomic E-state index is 0.654. The Labute approximate surface area is 145 Å². The van der Waals surface area contributed by atoms with Crippen LogP contribution in [0, 0.1) is 0 Å². The molecule has 80 valence electrons. The van der Waals surface area contributed by atoms with Gasteiger partial charge in [-0.3, -0.25) is 0 Å². The summed E-state index contributed by atoms with van der Waals surface area (Å²) in [6.07, 6.45) is 0. The molecular weight excluding hydrogens is 624 g/mol. The molecule has 3 aliphatic heterocycles. The molecule has 0 aromatic heterocycles. The van der Waals surface area contributed by atoms with Crippen molar-refractivity contribution >= 4 is 122 Å². The van der Waals surface area contributed by atoms with E-state index in [9.17, 15) is 0 Å². The Balaban J connectivity index is 1.80. The van der Waals surface area contributed by atoms with E-state index < -0.39 is 0 Å². The zero-order chi connectivity index (χ0) is 10.4. The molecule has 0 nitrogen and oxygen atoms in total. The van der Waals surface area contributed by atoms with Crippen molar-refractivity contribution in [1.82, 2.24) is 0 Å². The van der Waals surface area contributed by atoms with Gasteiger partial charge in [-0.2, -0.15) is 0 Å². The van der Waals surface area contributed by atoms with Crippen LogP contribution in [-0.2, 0) is 0 Å². The van der Waals surface area contributed by atoms with Gasteiger partial charge in [-0.1, -0.05) is 0 Å². The molecular formula is C7H2I2S4Se2. The van der Waals surface area contributed by atoms with Gasteiger partial charge in [0, 0.05) is 0 Å². The first kappa shape index (κ1) is 13.1. The molecule has 15 heavy (non-hydrogen) atoms. The summed E-state index contributed by atoms with van der Waals surface area (Å²) in [5.74, 6) is 0. The molecule has 3 rings (SSSR count). The third-order valence-corrected chi connectivity index (χ3v) is 20.2.